The summed E-state index contributed by atoms with van der Waals surface area (Å²) in [6, 6.07) is 0. The number of aromatic nitrogens is 2. The molecule has 136 valence electrons. The van der Waals surface area contributed by atoms with Crippen LogP contribution in [0, 0.1) is 30.2 Å². The molecule has 0 saturated carbocycles. The van der Waals surface area contributed by atoms with Crippen LogP contribution in [0.5, 0.6) is 0 Å². The van der Waals surface area contributed by atoms with E-state index in [1.165, 1.54) is 24.0 Å². The number of nitrogens with zero attached hydrogens (tertiary/aromatic N) is 2. The third-order valence-corrected chi connectivity index (χ3v) is 4.21. The molecule has 0 bridgehead atoms. The Morgan fingerprint density at radius 3 is 1.92 bits per heavy atom. The lowest BCUT2D eigenvalue weighted by Gasteiger charge is -2.14. The number of nitrogens with one attached hydrogen (secondary N) is 1. The van der Waals surface area contributed by atoms with E-state index in [9.17, 15) is 35.5 Å². The van der Waals surface area contributed by atoms with Crippen LogP contribution in [0.1, 0.15) is 21.7 Å². The van der Waals surface area contributed by atoms with E-state index in [1.807, 2.05) is 0 Å². The first-order valence-electron chi connectivity index (χ1n) is 6.31. The highest BCUT2D eigenvalue weighted by Gasteiger charge is 2.42. The smallest absolute Gasteiger partial charge is 0.315 e. The maximum Gasteiger partial charge on any atom is 0.422 e. The van der Waals surface area contributed by atoms with E-state index in [0.717, 1.165) is 0 Å². The largest absolute Gasteiger partial charge is 0.422 e. The molecule has 0 aliphatic carbocycles. The van der Waals surface area contributed by atoms with Gasteiger partial charge in [0.2, 0.25) is 0 Å². The quantitative estimate of drug-likeness (QED) is 0.566. The van der Waals surface area contributed by atoms with Gasteiger partial charge in [-0.3, -0.25) is 9.48 Å². The second kappa shape index (κ2) is 6.32. The van der Waals surface area contributed by atoms with Crippen molar-refractivity contribution in [2.24, 2.45) is 7.05 Å². The van der Waals surface area contributed by atoms with Crippen LogP contribution in [0.4, 0.5) is 36.4 Å². The van der Waals surface area contributed by atoms with Gasteiger partial charge in [-0.2, -0.15) is 18.3 Å². The number of halogens is 8. The highest BCUT2D eigenvalue weighted by Crippen LogP contribution is 2.38. The molecule has 0 aliphatic rings. The van der Waals surface area contributed by atoms with Crippen molar-refractivity contribution in [3.8, 4) is 0 Å². The number of alkyl halides is 3. The minimum absolute atomic E-state index is 0.126. The fraction of sp³-hybridized carbons (Fsp3) is 0.231. The molecular weight excluding hydrogens is 427 g/mol. The zero-order valence-corrected chi connectivity index (χ0v) is 13.9. The molecule has 1 N–H and O–H groups in total. The van der Waals surface area contributed by atoms with E-state index >= 15 is 0 Å². The normalized spacial score (nSPS) is 11.8. The number of benzene rings is 1. The molecule has 1 heterocycles. The summed E-state index contributed by atoms with van der Waals surface area (Å²) in [7, 11) is 1.44. The molecule has 0 saturated heterocycles. The lowest BCUT2D eigenvalue weighted by atomic mass is 10.1. The second-order valence-electron chi connectivity index (χ2n) is 4.83. The van der Waals surface area contributed by atoms with Gasteiger partial charge in [-0.1, -0.05) is 0 Å². The fourth-order valence-corrected chi connectivity index (χ4v) is 2.41. The molecule has 0 aliphatic heterocycles. The Labute approximate surface area is 143 Å². The van der Waals surface area contributed by atoms with Gasteiger partial charge in [0, 0.05) is 7.05 Å². The summed E-state index contributed by atoms with van der Waals surface area (Å²) in [4.78, 5) is 12.0. The van der Waals surface area contributed by atoms with Gasteiger partial charge < -0.3 is 5.32 Å². The summed E-state index contributed by atoms with van der Waals surface area (Å²) >= 11 is 2.99. The molecule has 2 aromatic rings. The monoisotopic (exact) mass is 433 g/mol. The molecule has 2 rings (SSSR count). The van der Waals surface area contributed by atoms with Gasteiger partial charge in [-0.25, -0.2) is 17.6 Å². The van der Waals surface area contributed by atoms with Crippen LogP contribution in [0.15, 0.2) is 4.47 Å². The van der Waals surface area contributed by atoms with Crippen molar-refractivity contribution in [3.05, 3.63) is 44.7 Å². The first-order valence-corrected chi connectivity index (χ1v) is 7.10. The second-order valence-corrected chi connectivity index (χ2v) is 5.62. The van der Waals surface area contributed by atoms with Gasteiger partial charge in [-0.05, 0) is 22.9 Å². The standard InChI is InChI=1S/C13H7BrF7N3O/c1-3-5(14)10(23-24(3)2)12(25)22-11-8(17)6(15)4(13(19,20)21)7(16)9(11)18/h1-2H3,(H,22,25). The Kier molecular flexibility index (Phi) is 4.86. The highest BCUT2D eigenvalue weighted by molar-refractivity contribution is 9.10. The van der Waals surface area contributed by atoms with Crippen molar-refractivity contribution in [1.82, 2.24) is 9.78 Å². The summed E-state index contributed by atoms with van der Waals surface area (Å²) in [5.41, 5.74) is -4.37. The third-order valence-electron chi connectivity index (χ3n) is 3.26. The molecular formula is C13H7BrF7N3O. The Morgan fingerprint density at radius 2 is 1.56 bits per heavy atom. The van der Waals surface area contributed by atoms with Crippen molar-refractivity contribution in [3.63, 3.8) is 0 Å². The molecule has 12 heteroatoms. The van der Waals surface area contributed by atoms with Crippen molar-refractivity contribution < 1.29 is 35.5 Å². The van der Waals surface area contributed by atoms with E-state index in [4.69, 9.17) is 0 Å². The average Bonchev–Trinajstić information content (AvgIpc) is 2.76. The van der Waals surface area contributed by atoms with Crippen molar-refractivity contribution >= 4 is 27.5 Å². The van der Waals surface area contributed by atoms with Crippen LogP contribution < -0.4 is 5.32 Å². The first-order chi connectivity index (χ1) is 11.4. The molecule has 0 atom stereocenters. The van der Waals surface area contributed by atoms with E-state index in [-0.39, 0.29) is 10.2 Å². The maximum atomic E-state index is 13.8. The van der Waals surface area contributed by atoms with E-state index < -0.39 is 46.6 Å². The predicted octanol–water partition coefficient (Wildman–Crippen LogP) is 4.32. The minimum atomic E-state index is -5.67. The van der Waals surface area contributed by atoms with Crippen LogP contribution in [0.3, 0.4) is 0 Å². The van der Waals surface area contributed by atoms with Crippen LogP contribution >= 0.6 is 15.9 Å². The number of carbonyl (C=O) groups is 1. The first kappa shape index (κ1) is 19.2. The summed E-state index contributed by atoms with van der Waals surface area (Å²) in [6.07, 6.45) is -5.67. The van der Waals surface area contributed by atoms with Crippen molar-refractivity contribution in [1.29, 1.82) is 0 Å². The number of carbonyl (C=O) groups excluding carboxylic acids is 1. The minimum Gasteiger partial charge on any atom is -0.315 e. The predicted molar refractivity (Wildman–Crippen MR) is 74.9 cm³/mol. The molecule has 0 unspecified atom stereocenters. The molecule has 1 amide bonds. The van der Waals surface area contributed by atoms with Gasteiger partial charge in [0.15, 0.2) is 29.0 Å². The molecule has 4 nitrogen and oxygen atoms in total. The van der Waals surface area contributed by atoms with Crippen LogP contribution in [-0.2, 0) is 13.2 Å². The number of hydrogen-bond acceptors (Lipinski definition) is 2. The summed E-state index contributed by atoms with van der Waals surface area (Å²) in [5, 5.41) is 5.21. The Balaban J connectivity index is 2.54. The number of amides is 1. The summed E-state index contributed by atoms with van der Waals surface area (Å²) in [6.45, 7) is 1.53. The molecule has 0 spiro atoms. The number of anilines is 1. The van der Waals surface area contributed by atoms with E-state index in [2.05, 4.69) is 21.0 Å². The topological polar surface area (TPSA) is 46.9 Å². The lowest BCUT2D eigenvalue weighted by molar-refractivity contribution is -0.143. The zero-order chi connectivity index (χ0) is 19.3. The zero-order valence-electron chi connectivity index (χ0n) is 12.3. The van der Waals surface area contributed by atoms with Gasteiger partial charge in [0.05, 0.1) is 10.2 Å². The van der Waals surface area contributed by atoms with E-state index in [1.54, 1.807) is 0 Å². The van der Waals surface area contributed by atoms with Gasteiger partial charge in [0.1, 0.15) is 11.3 Å². The molecule has 0 fully saturated rings. The summed E-state index contributed by atoms with van der Waals surface area (Å²) in [5.74, 6) is -11.4. The Bertz CT molecular complexity index is 847. The van der Waals surface area contributed by atoms with E-state index in [0.29, 0.717) is 5.69 Å². The van der Waals surface area contributed by atoms with Gasteiger partial charge in [-0.15, -0.1) is 0 Å². The highest BCUT2D eigenvalue weighted by atomic mass is 79.9. The number of rotatable bonds is 2. The van der Waals surface area contributed by atoms with Crippen LogP contribution in [-0.4, -0.2) is 15.7 Å². The fourth-order valence-electron chi connectivity index (χ4n) is 1.89. The lowest BCUT2D eigenvalue weighted by Crippen LogP contribution is -2.21. The number of hydrogen-bond donors (Lipinski definition) is 1. The van der Waals surface area contributed by atoms with Crippen LogP contribution in [0.25, 0.3) is 0 Å². The average molecular weight is 434 g/mol. The molecule has 1 aromatic heterocycles. The Morgan fingerprint density at radius 1 is 1.08 bits per heavy atom. The molecule has 0 radical (unpaired) electrons. The van der Waals surface area contributed by atoms with Gasteiger partial charge in [0.25, 0.3) is 5.91 Å². The molecule has 25 heavy (non-hydrogen) atoms. The maximum absolute atomic E-state index is 13.8. The summed E-state index contributed by atoms with van der Waals surface area (Å²) < 4.78 is 93.4. The Hall–Kier alpha value is -2.11. The SMILES string of the molecule is Cc1c(Br)c(C(=O)Nc2c(F)c(F)c(C(F)(F)F)c(F)c2F)nn1C. The van der Waals surface area contributed by atoms with Crippen molar-refractivity contribution in [2.75, 3.05) is 5.32 Å². The number of aryl methyl sites for hydroxylation is 1. The van der Waals surface area contributed by atoms with Crippen molar-refractivity contribution in [2.45, 2.75) is 13.1 Å². The molecule has 1 aromatic carbocycles. The third kappa shape index (κ3) is 3.22. The van der Waals surface area contributed by atoms with Gasteiger partial charge >= 0.3 is 6.18 Å². The van der Waals surface area contributed by atoms with Crippen LogP contribution in [0.2, 0.25) is 0 Å².